The standard InChI is InChI=1S/C21H22FN3OS/c1-3-25(4-2)21(26)24-14-18-13-19(15-9-11-23-12-10-15)20(27-18)16-5-7-17(22)8-6-16/h5-13H,3-4,14H2,1-2H3,(H,24,26). The van der Waals surface area contributed by atoms with Gasteiger partial charge in [-0.2, -0.15) is 0 Å². The minimum absolute atomic E-state index is 0.0674. The summed E-state index contributed by atoms with van der Waals surface area (Å²) in [5.41, 5.74) is 3.05. The Morgan fingerprint density at radius 1 is 1.07 bits per heavy atom. The van der Waals surface area contributed by atoms with Gasteiger partial charge in [-0.1, -0.05) is 12.1 Å². The number of carbonyl (C=O) groups is 1. The van der Waals surface area contributed by atoms with E-state index in [4.69, 9.17) is 0 Å². The van der Waals surface area contributed by atoms with Gasteiger partial charge in [-0.05, 0) is 55.3 Å². The molecule has 0 fully saturated rings. The lowest BCUT2D eigenvalue weighted by atomic mass is 10.0. The van der Waals surface area contributed by atoms with Gasteiger partial charge in [-0.3, -0.25) is 4.98 Å². The van der Waals surface area contributed by atoms with Gasteiger partial charge < -0.3 is 10.2 Å². The Labute approximate surface area is 162 Å². The number of pyridine rings is 1. The number of nitrogens with zero attached hydrogens (tertiary/aromatic N) is 2. The summed E-state index contributed by atoms with van der Waals surface area (Å²) >= 11 is 1.61. The SMILES string of the molecule is CCN(CC)C(=O)NCc1cc(-c2ccncc2)c(-c2ccc(F)cc2)s1. The quantitative estimate of drug-likeness (QED) is 0.638. The molecule has 6 heteroatoms. The van der Waals surface area contributed by atoms with E-state index in [1.165, 1.54) is 12.1 Å². The van der Waals surface area contributed by atoms with E-state index in [9.17, 15) is 9.18 Å². The Hall–Kier alpha value is -2.73. The van der Waals surface area contributed by atoms with Crippen LogP contribution in [-0.4, -0.2) is 29.0 Å². The summed E-state index contributed by atoms with van der Waals surface area (Å²) in [6.45, 7) is 5.73. The number of halogens is 1. The molecule has 1 N–H and O–H groups in total. The molecule has 4 nitrogen and oxygen atoms in total. The predicted octanol–water partition coefficient (Wildman–Crippen LogP) is 5.17. The Morgan fingerprint density at radius 3 is 2.37 bits per heavy atom. The number of nitrogens with one attached hydrogen (secondary N) is 1. The molecule has 0 bridgehead atoms. The fourth-order valence-corrected chi connectivity index (χ4v) is 4.00. The maximum atomic E-state index is 13.3. The summed E-state index contributed by atoms with van der Waals surface area (Å²) in [6.07, 6.45) is 3.51. The van der Waals surface area contributed by atoms with E-state index >= 15 is 0 Å². The molecule has 1 aromatic carbocycles. The molecule has 0 saturated carbocycles. The maximum absolute atomic E-state index is 13.3. The fourth-order valence-electron chi connectivity index (χ4n) is 2.88. The summed E-state index contributed by atoms with van der Waals surface area (Å²) in [6, 6.07) is 12.4. The summed E-state index contributed by atoms with van der Waals surface area (Å²) in [5.74, 6) is -0.257. The summed E-state index contributed by atoms with van der Waals surface area (Å²) < 4.78 is 13.3. The molecule has 0 aliphatic heterocycles. The second kappa shape index (κ2) is 8.77. The number of benzene rings is 1. The zero-order valence-corrected chi connectivity index (χ0v) is 16.2. The molecule has 0 aliphatic rings. The third kappa shape index (κ3) is 4.52. The molecule has 140 valence electrons. The van der Waals surface area contributed by atoms with Gasteiger partial charge in [0.2, 0.25) is 0 Å². The third-order valence-corrected chi connectivity index (χ3v) is 5.53. The largest absolute Gasteiger partial charge is 0.333 e. The lowest BCUT2D eigenvalue weighted by molar-refractivity contribution is 0.203. The van der Waals surface area contributed by atoms with E-state index in [-0.39, 0.29) is 11.8 Å². The number of carbonyl (C=O) groups excluding carboxylic acids is 1. The maximum Gasteiger partial charge on any atom is 0.317 e. The summed E-state index contributed by atoms with van der Waals surface area (Å²) in [4.78, 5) is 20.1. The highest BCUT2D eigenvalue weighted by Crippen LogP contribution is 2.39. The molecule has 0 atom stereocenters. The van der Waals surface area contributed by atoms with Crippen LogP contribution in [0.2, 0.25) is 0 Å². The Kier molecular flexibility index (Phi) is 6.19. The molecule has 0 spiro atoms. The highest BCUT2D eigenvalue weighted by Gasteiger charge is 2.15. The lowest BCUT2D eigenvalue weighted by Crippen LogP contribution is -2.39. The Balaban J connectivity index is 1.90. The van der Waals surface area contributed by atoms with Gasteiger partial charge in [0, 0.05) is 40.8 Å². The average molecular weight is 383 g/mol. The van der Waals surface area contributed by atoms with Crippen molar-refractivity contribution in [3.05, 3.63) is 65.6 Å². The van der Waals surface area contributed by atoms with Crippen LogP contribution in [0.1, 0.15) is 18.7 Å². The molecule has 3 rings (SSSR count). The first-order valence-corrected chi connectivity index (χ1v) is 9.75. The molecule has 0 radical (unpaired) electrons. The van der Waals surface area contributed by atoms with Gasteiger partial charge >= 0.3 is 6.03 Å². The van der Waals surface area contributed by atoms with Gasteiger partial charge in [0.1, 0.15) is 5.82 Å². The van der Waals surface area contributed by atoms with Crippen LogP contribution in [-0.2, 0) is 6.54 Å². The van der Waals surface area contributed by atoms with Crippen LogP contribution in [0.15, 0.2) is 54.9 Å². The van der Waals surface area contributed by atoms with Crippen LogP contribution in [0.5, 0.6) is 0 Å². The first-order valence-electron chi connectivity index (χ1n) is 8.94. The second-order valence-electron chi connectivity index (χ2n) is 6.03. The predicted molar refractivity (Wildman–Crippen MR) is 108 cm³/mol. The van der Waals surface area contributed by atoms with Gasteiger partial charge in [0.05, 0.1) is 6.54 Å². The highest BCUT2D eigenvalue weighted by molar-refractivity contribution is 7.16. The lowest BCUT2D eigenvalue weighted by Gasteiger charge is -2.18. The van der Waals surface area contributed by atoms with Gasteiger partial charge in [-0.15, -0.1) is 11.3 Å². The number of aromatic nitrogens is 1. The normalized spacial score (nSPS) is 10.6. The number of urea groups is 1. The van der Waals surface area contributed by atoms with Crippen LogP contribution in [0, 0.1) is 5.82 Å². The van der Waals surface area contributed by atoms with Gasteiger partial charge in [0.25, 0.3) is 0 Å². The smallest absolute Gasteiger partial charge is 0.317 e. The van der Waals surface area contributed by atoms with Crippen molar-refractivity contribution in [2.45, 2.75) is 20.4 Å². The number of amides is 2. The van der Waals surface area contributed by atoms with Crippen LogP contribution < -0.4 is 5.32 Å². The van der Waals surface area contributed by atoms with Crippen LogP contribution in [0.25, 0.3) is 21.6 Å². The molecule has 2 aromatic heterocycles. The second-order valence-corrected chi connectivity index (χ2v) is 7.17. The Bertz CT molecular complexity index is 890. The van der Waals surface area contributed by atoms with E-state index in [1.54, 1.807) is 40.8 Å². The van der Waals surface area contributed by atoms with E-state index in [2.05, 4.69) is 16.4 Å². The van der Waals surface area contributed by atoms with Crippen LogP contribution in [0.4, 0.5) is 9.18 Å². The third-order valence-electron chi connectivity index (χ3n) is 4.35. The van der Waals surface area contributed by atoms with Crippen molar-refractivity contribution in [3.8, 4) is 21.6 Å². The molecule has 3 aromatic rings. The highest BCUT2D eigenvalue weighted by atomic mass is 32.1. The summed E-state index contributed by atoms with van der Waals surface area (Å²) in [7, 11) is 0. The molecule has 2 heterocycles. The number of rotatable bonds is 6. The van der Waals surface area contributed by atoms with E-state index in [0.29, 0.717) is 19.6 Å². The van der Waals surface area contributed by atoms with Crippen molar-refractivity contribution in [2.75, 3.05) is 13.1 Å². The van der Waals surface area contributed by atoms with Crippen LogP contribution >= 0.6 is 11.3 Å². The molecule has 2 amide bonds. The van der Waals surface area contributed by atoms with Crippen LogP contribution in [0.3, 0.4) is 0 Å². The van der Waals surface area contributed by atoms with Crippen molar-refractivity contribution in [1.82, 2.24) is 15.2 Å². The fraction of sp³-hybridized carbons (Fsp3) is 0.238. The minimum Gasteiger partial charge on any atom is -0.333 e. The molecular formula is C21H22FN3OS. The molecule has 0 aliphatic carbocycles. The molecule has 27 heavy (non-hydrogen) atoms. The molecule has 0 saturated heterocycles. The number of thiophene rings is 1. The van der Waals surface area contributed by atoms with E-state index in [0.717, 1.165) is 26.4 Å². The van der Waals surface area contributed by atoms with Crippen molar-refractivity contribution < 1.29 is 9.18 Å². The van der Waals surface area contributed by atoms with Crippen molar-refractivity contribution in [2.24, 2.45) is 0 Å². The monoisotopic (exact) mass is 383 g/mol. The molecule has 0 unspecified atom stereocenters. The van der Waals surface area contributed by atoms with Crippen molar-refractivity contribution >= 4 is 17.4 Å². The first kappa shape index (κ1) is 19.0. The molecular weight excluding hydrogens is 361 g/mol. The van der Waals surface area contributed by atoms with E-state index < -0.39 is 0 Å². The van der Waals surface area contributed by atoms with Crippen molar-refractivity contribution in [1.29, 1.82) is 0 Å². The zero-order valence-electron chi connectivity index (χ0n) is 15.4. The average Bonchev–Trinajstić information content (AvgIpc) is 3.13. The van der Waals surface area contributed by atoms with E-state index in [1.807, 2.05) is 26.0 Å². The van der Waals surface area contributed by atoms with Crippen molar-refractivity contribution in [3.63, 3.8) is 0 Å². The summed E-state index contributed by atoms with van der Waals surface area (Å²) in [5, 5.41) is 2.98. The Morgan fingerprint density at radius 2 is 1.74 bits per heavy atom. The minimum atomic E-state index is -0.257. The van der Waals surface area contributed by atoms with Gasteiger partial charge in [-0.25, -0.2) is 9.18 Å². The first-order chi connectivity index (χ1) is 13.1. The number of hydrogen-bond donors (Lipinski definition) is 1. The van der Waals surface area contributed by atoms with Gasteiger partial charge in [0.15, 0.2) is 0 Å². The topological polar surface area (TPSA) is 45.2 Å². The zero-order chi connectivity index (χ0) is 19.2. The number of hydrogen-bond acceptors (Lipinski definition) is 3.